The smallest absolute Gasteiger partial charge is 0.475 e. The Labute approximate surface area is 197 Å². The van der Waals surface area contributed by atoms with Gasteiger partial charge in [-0.2, -0.15) is 13.2 Å². The van der Waals surface area contributed by atoms with Crippen LogP contribution < -0.4 is 10.4 Å². The number of pyridine rings is 1. The van der Waals surface area contributed by atoms with Gasteiger partial charge in [0.25, 0.3) is 5.91 Å². The molecule has 3 rings (SSSR count). The van der Waals surface area contributed by atoms with Crippen molar-refractivity contribution in [1.29, 1.82) is 0 Å². The van der Waals surface area contributed by atoms with Crippen molar-refractivity contribution in [2.75, 3.05) is 45.4 Å². The quantitative estimate of drug-likeness (QED) is 0.296. The molecule has 0 bridgehead atoms. The molecule has 0 aliphatic heterocycles. The Balaban J connectivity index is 0.000000540. The average molecular weight is 500 g/mol. The molecule has 1 amide bonds. The number of ether oxygens (including phenoxy) is 2. The second-order valence-corrected chi connectivity index (χ2v) is 6.82. The number of oxazole rings is 1. The molecule has 3 aromatic rings. The van der Waals surface area contributed by atoms with Crippen LogP contribution in [0.1, 0.15) is 10.4 Å². The highest BCUT2D eigenvalue weighted by Gasteiger charge is 2.38. The van der Waals surface area contributed by atoms with Gasteiger partial charge in [0.1, 0.15) is 11.3 Å². The molecule has 1 aromatic carbocycles. The molecule has 35 heavy (non-hydrogen) atoms. The van der Waals surface area contributed by atoms with Crippen molar-refractivity contribution >= 4 is 28.8 Å². The van der Waals surface area contributed by atoms with Crippen LogP contribution in [0.15, 0.2) is 40.9 Å². The number of nitrogens with zero attached hydrogens (tertiary/aromatic N) is 3. The summed E-state index contributed by atoms with van der Waals surface area (Å²) < 4.78 is 47.8. The molecule has 0 fully saturated rings. The van der Waals surface area contributed by atoms with Crippen molar-refractivity contribution in [3.05, 3.63) is 42.1 Å². The predicted molar refractivity (Wildman–Crippen MR) is 116 cm³/mol. The van der Waals surface area contributed by atoms with Crippen LogP contribution in [-0.2, 0) is 14.3 Å². The van der Waals surface area contributed by atoms with Gasteiger partial charge in [-0.25, -0.2) is 20.2 Å². The van der Waals surface area contributed by atoms with E-state index in [0.29, 0.717) is 48.9 Å². The maximum Gasteiger partial charge on any atom is 0.490 e. The normalized spacial score (nSPS) is 11.0. The lowest BCUT2D eigenvalue weighted by Gasteiger charge is -2.23. The Morgan fingerprint density at radius 2 is 1.74 bits per heavy atom. The van der Waals surface area contributed by atoms with E-state index in [-0.39, 0.29) is 5.56 Å². The van der Waals surface area contributed by atoms with E-state index in [1.807, 2.05) is 12.1 Å². The van der Waals surface area contributed by atoms with Crippen LogP contribution in [0.4, 0.5) is 19.0 Å². The van der Waals surface area contributed by atoms with Gasteiger partial charge in [-0.3, -0.25) is 10.0 Å². The third kappa shape index (κ3) is 7.91. The van der Waals surface area contributed by atoms with Gasteiger partial charge >= 0.3 is 12.1 Å². The predicted octanol–water partition coefficient (Wildman–Crippen LogP) is 2.74. The molecule has 0 aliphatic carbocycles. The summed E-state index contributed by atoms with van der Waals surface area (Å²) in [6.07, 6.45) is -3.39. The standard InChI is InChI=1S/C19H22N4O5.C2HF3O2/c1-26-9-7-23(8-10-27-2)17-6-4-14(12-20-17)19-21-15-11-13(18(24)22-25)3-5-16(15)28-19;3-2(4,5)1(6)7/h3-6,11-12,25H,7-10H2,1-2H3,(H,22,24);(H,6,7). The second-order valence-electron chi connectivity index (χ2n) is 6.82. The highest BCUT2D eigenvalue weighted by Crippen LogP contribution is 2.25. The Kier molecular flexibility index (Phi) is 9.93. The fraction of sp³-hybridized carbons (Fsp3) is 0.333. The average Bonchev–Trinajstić information content (AvgIpc) is 3.27. The molecule has 0 radical (unpaired) electrons. The molecule has 2 aromatic heterocycles. The lowest BCUT2D eigenvalue weighted by atomic mass is 10.2. The minimum absolute atomic E-state index is 0.287. The number of carbonyl (C=O) groups is 2. The minimum atomic E-state index is -5.08. The lowest BCUT2D eigenvalue weighted by molar-refractivity contribution is -0.192. The summed E-state index contributed by atoms with van der Waals surface area (Å²) in [6, 6.07) is 8.50. The summed E-state index contributed by atoms with van der Waals surface area (Å²) in [5, 5.41) is 15.9. The second kappa shape index (κ2) is 12.6. The molecule has 3 N–H and O–H groups in total. The fourth-order valence-corrected chi connectivity index (χ4v) is 2.70. The summed E-state index contributed by atoms with van der Waals surface area (Å²) in [5.74, 6) is -2.16. The maximum atomic E-state index is 11.5. The first-order valence-electron chi connectivity index (χ1n) is 9.95. The summed E-state index contributed by atoms with van der Waals surface area (Å²) in [5.41, 5.74) is 3.66. The fourth-order valence-electron chi connectivity index (χ4n) is 2.70. The van der Waals surface area contributed by atoms with E-state index in [2.05, 4.69) is 14.9 Å². The number of alkyl halides is 3. The molecule has 2 heterocycles. The lowest BCUT2D eigenvalue weighted by Crippen LogP contribution is -2.31. The summed E-state index contributed by atoms with van der Waals surface area (Å²) in [4.78, 5) is 31.4. The first-order chi connectivity index (χ1) is 16.6. The number of carboxylic acids is 1. The van der Waals surface area contributed by atoms with Gasteiger partial charge < -0.3 is 23.9 Å². The van der Waals surface area contributed by atoms with Gasteiger partial charge in [-0.1, -0.05) is 0 Å². The van der Waals surface area contributed by atoms with Gasteiger partial charge in [0.2, 0.25) is 5.89 Å². The Morgan fingerprint density at radius 3 is 2.23 bits per heavy atom. The molecule has 0 saturated carbocycles. The molecule has 0 aliphatic rings. The SMILES string of the molecule is COCCN(CCOC)c1ccc(-c2nc3cc(C(=O)NO)ccc3o2)cn1.O=C(O)C(F)(F)F. The number of carboxylic acid groups (broad SMARTS) is 1. The van der Waals surface area contributed by atoms with Crippen molar-refractivity contribution in [2.45, 2.75) is 6.18 Å². The number of nitrogens with one attached hydrogen (secondary N) is 1. The maximum absolute atomic E-state index is 11.5. The number of rotatable bonds is 9. The number of aromatic nitrogens is 2. The number of benzene rings is 1. The highest BCUT2D eigenvalue weighted by molar-refractivity contribution is 5.96. The number of hydroxylamine groups is 1. The van der Waals surface area contributed by atoms with E-state index >= 15 is 0 Å². The number of halogens is 3. The largest absolute Gasteiger partial charge is 0.490 e. The van der Waals surface area contributed by atoms with E-state index in [1.165, 1.54) is 0 Å². The van der Waals surface area contributed by atoms with Gasteiger partial charge in [0, 0.05) is 39.1 Å². The van der Waals surface area contributed by atoms with Crippen LogP contribution in [0.2, 0.25) is 0 Å². The Morgan fingerprint density at radius 1 is 1.11 bits per heavy atom. The zero-order valence-corrected chi connectivity index (χ0v) is 18.7. The number of hydrogen-bond donors (Lipinski definition) is 3. The van der Waals surface area contributed by atoms with Crippen molar-refractivity contribution in [3.63, 3.8) is 0 Å². The summed E-state index contributed by atoms with van der Waals surface area (Å²) in [6.45, 7) is 2.57. The zero-order valence-electron chi connectivity index (χ0n) is 18.7. The zero-order chi connectivity index (χ0) is 26.0. The number of anilines is 1. The van der Waals surface area contributed by atoms with Gasteiger partial charge in [0.05, 0.1) is 18.8 Å². The van der Waals surface area contributed by atoms with Crippen molar-refractivity contribution in [2.24, 2.45) is 0 Å². The molecule has 0 unspecified atom stereocenters. The van der Waals surface area contributed by atoms with E-state index in [0.717, 1.165) is 5.82 Å². The van der Waals surface area contributed by atoms with Crippen LogP contribution in [0.25, 0.3) is 22.6 Å². The molecule has 14 heteroatoms. The highest BCUT2D eigenvalue weighted by atomic mass is 19.4. The number of aliphatic carboxylic acids is 1. The molecule has 0 spiro atoms. The minimum Gasteiger partial charge on any atom is -0.475 e. The van der Waals surface area contributed by atoms with Crippen molar-refractivity contribution < 1.29 is 47.0 Å². The van der Waals surface area contributed by atoms with Gasteiger partial charge in [-0.15, -0.1) is 0 Å². The molecule has 0 saturated heterocycles. The number of carbonyl (C=O) groups excluding carboxylic acids is 1. The molecule has 11 nitrogen and oxygen atoms in total. The summed E-state index contributed by atoms with van der Waals surface area (Å²) >= 11 is 0. The number of hydrogen-bond acceptors (Lipinski definition) is 9. The van der Waals surface area contributed by atoms with Gasteiger partial charge in [-0.05, 0) is 30.3 Å². The summed E-state index contributed by atoms with van der Waals surface area (Å²) in [7, 11) is 3.32. The Bertz CT molecular complexity index is 1110. The van der Waals surface area contributed by atoms with Crippen LogP contribution in [0.5, 0.6) is 0 Å². The monoisotopic (exact) mass is 500 g/mol. The van der Waals surface area contributed by atoms with Gasteiger partial charge in [0.15, 0.2) is 5.58 Å². The molecule has 0 atom stereocenters. The van der Waals surface area contributed by atoms with E-state index < -0.39 is 18.1 Å². The number of fused-ring (bicyclic) bond motifs is 1. The topological polar surface area (TPSA) is 147 Å². The first-order valence-corrected chi connectivity index (χ1v) is 9.95. The molecular formula is C21H23F3N4O7. The van der Waals surface area contributed by atoms with Crippen LogP contribution in [-0.4, -0.2) is 78.9 Å². The number of methoxy groups -OCH3 is 2. The van der Waals surface area contributed by atoms with Crippen LogP contribution in [0, 0.1) is 0 Å². The molecule has 190 valence electrons. The Hall–Kier alpha value is -3.75. The number of amides is 1. The molecular weight excluding hydrogens is 477 g/mol. The van der Waals surface area contributed by atoms with Crippen molar-refractivity contribution in [1.82, 2.24) is 15.4 Å². The van der Waals surface area contributed by atoms with Crippen LogP contribution in [0.3, 0.4) is 0 Å². The van der Waals surface area contributed by atoms with Crippen molar-refractivity contribution in [3.8, 4) is 11.5 Å². The first kappa shape index (κ1) is 27.5. The van der Waals surface area contributed by atoms with E-state index in [9.17, 15) is 18.0 Å². The van der Waals surface area contributed by atoms with E-state index in [4.69, 9.17) is 29.0 Å². The third-order valence-corrected chi connectivity index (χ3v) is 4.44. The van der Waals surface area contributed by atoms with E-state index in [1.54, 1.807) is 44.1 Å². The third-order valence-electron chi connectivity index (χ3n) is 4.44. The van der Waals surface area contributed by atoms with Crippen LogP contribution >= 0.6 is 0 Å².